The smallest absolute Gasteiger partial charge is 0.239 e. The number of benzene rings is 1. The first-order chi connectivity index (χ1) is 7.65. The largest absolute Gasteiger partial charge is 0.338 e. The average molecular weight is 234 g/mol. The van der Waals surface area contributed by atoms with Gasteiger partial charge in [0, 0.05) is 4.90 Å². The third-order valence-electron chi connectivity index (χ3n) is 2.22. The summed E-state index contributed by atoms with van der Waals surface area (Å²) in [5.41, 5.74) is 1.27. The molecule has 0 aliphatic heterocycles. The van der Waals surface area contributed by atoms with Crippen molar-refractivity contribution in [2.75, 3.05) is 0 Å². The molecule has 0 aliphatic carbocycles. The molecule has 0 saturated carbocycles. The van der Waals surface area contributed by atoms with Crippen molar-refractivity contribution < 1.29 is 4.52 Å². The van der Waals surface area contributed by atoms with Crippen molar-refractivity contribution in [2.24, 2.45) is 0 Å². The summed E-state index contributed by atoms with van der Waals surface area (Å²) in [4.78, 5) is 5.44. The monoisotopic (exact) mass is 234 g/mol. The second-order valence-electron chi connectivity index (χ2n) is 3.75. The molecule has 0 saturated heterocycles. The Balaban J connectivity index is 2.07. The van der Waals surface area contributed by atoms with Crippen molar-refractivity contribution in [3.8, 4) is 0 Å². The fourth-order valence-corrected chi connectivity index (χ4v) is 2.25. The van der Waals surface area contributed by atoms with Crippen LogP contribution in [-0.4, -0.2) is 10.1 Å². The van der Waals surface area contributed by atoms with Crippen molar-refractivity contribution >= 4 is 11.8 Å². The van der Waals surface area contributed by atoms with Gasteiger partial charge >= 0.3 is 0 Å². The normalized spacial score (nSPS) is 12.7. The van der Waals surface area contributed by atoms with Crippen LogP contribution in [0.5, 0.6) is 0 Å². The van der Waals surface area contributed by atoms with E-state index >= 15 is 0 Å². The lowest BCUT2D eigenvalue weighted by Crippen LogP contribution is -1.88. The Morgan fingerprint density at radius 2 is 1.88 bits per heavy atom. The maximum absolute atomic E-state index is 5.14. The van der Waals surface area contributed by atoms with Crippen LogP contribution in [0.2, 0.25) is 0 Å². The van der Waals surface area contributed by atoms with Gasteiger partial charge in [-0.15, -0.1) is 11.8 Å². The minimum atomic E-state index is 0.184. The van der Waals surface area contributed by atoms with E-state index in [9.17, 15) is 0 Å². The third kappa shape index (κ3) is 2.64. The molecule has 84 valence electrons. The fourth-order valence-electron chi connectivity index (χ4n) is 1.35. The van der Waals surface area contributed by atoms with Crippen LogP contribution in [-0.2, 0) is 0 Å². The molecule has 0 amide bonds. The van der Waals surface area contributed by atoms with E-state index in [2.05, 4.69) is 48.3 Å². The van der Waals surface area contributed by atoms with Crippen molar-refractivity contribution in [1.82, 2.24) is 10.1 Å². The zero-order valence-electron chi connectivity index (χ0n) is 9.60. The number of aryl methyl sites for hydroxylation is 2. The Labute approximate surface area is 99.3 Å². The Hall–Kier alpha value is -1.29. The number of aromatic nitrogens is 2. The molecule has 0 spiro atoms. The molecular formula is C12H14N2OS. The summed E-state index contributed by atoms with van der Waals surface area (Å²) < 4.78 is 5.14. The molecule has 0 N–H and O–H groups in total. The predicted molar refractivity (Wildman–Crippen MR) is 64.5 cm³/mol. The van der Waals surface area contributed by atoms with Gasteiger partial charge in [-0.25, -0.2) is 0 Å². The lowest BCUT2D eigenvalue weighted by molar-refractivity contribution is 0.376. The molecule has 16 heavy (non-hydrogen) atoms. The summed E-state index contributed by atoms with van der Waals surface area (Å²) in [7, 11) is 0. The van der Waals surface area contributed by atoms with E-state index in [0.29, 0.717) is 11.7 Å². The standard InChI is InChI=1S/C12H14N2OS/c1-8-4-6-11(7-5-8)16-9(2)12-13-10(3)14-15-12/h4-7,9H,1-3H3/t9-/m1/s1. The highest BCUT2D eigenvalue weighted by Gasteiger charge is 2.13. The van der Waals surface area contributed by atoms with Gasteiger partial charge in [-0.1, -0.05) is 22.9 Å². The SMILES string of the molecule is Cc1ccc(S[C@H](C)c2nc(C)no2)cc1. The zero-order chi connectivity index (χ0) is 11.5. The first-order valence-electron chi connectivity index (χ1n) is 5.18. The van der Waals surface area contributed by atoms with Crippen molar-refractivity contribution in [1.29, 1.82) is 0 Å². The van der Waals surface area contributed by atoms with Gasteiger partial charge in [0.25, 0.3) is 0 Å². The Morgan fingerprint density at radius 1 is 1.19 bits per heavy atom. The van der Waals surface area contributed by atoms with Gasteiger partial charge in [-0.3, -0.25) is 0 Å². The highest BCUT2D eigenvalue weighted by atomic mass is 32.2. The molecule has 0 bridgehead atoms. The van der Waals surface area contributed by atoms with E-state index in [0.717, 1.165) is 0 Å². The van der Waals surface area contributed by atoms with Gasteiger partial charge in [0.15, 0.2) is 5.82 Å². The van der Waals surface area contributed by atoms with E-state index in [-0.39, 0.29) is 5.25 Å². The topological polar surface area (TPSA) is 38.9 Å². The molecule has 0 fully saturated rings. The van der Waals surface area contributed by atoms with Crippen LogP contribution in [0.25, 0.3) is 0 Å². The highest BCUT2D eigenvalue weighted by Crippen LogP contribution is 2.33. The van der Waals surface area contributed by atoms with E-state index in [1.165, 1.54) is 10.5 Å². The highest BCUT2D eigenvalue weighted by molar-refractivity contribution is 7.99. The van der Waals surface area contributed by atoms with Gasteiger partial charge in [0.05, 0.1) is 5.25 Å². The van der Waals surface area contributed by atoms with Crippen LogP contribution >= 0.6 is 11.8 Å². The molecule has 1 aromatic carbocycles. The molecule has 0 unspecified atom stereocenters. The maximum Gasteiger partial charge on any atom is 0.239 e. The van der Waals surface area contributed by atoms with E-state index < -0.39 is 0 Å². The average Bonchev–Trinajstić information content (AvgIpc) is 2.68. The molecular weight excluding hydrogens is 220 g/mol. The molecule has 4 heteroatoms. The number of rotatable bonds is 3. The van der Waals surface area contributed by atoms with E-state index in [1.54, 1.807) is 11.8 Å². The molecule has 1 aromatic heterocycles. The number of nitrogens with zero attached hydrogens (tertiary/aromatic N) is 2. The van der Waals surface area contributed by atoms with Crippen LogP contribution in [0.1, 0.15) is 29.5 Å². The third-order valence-corrected chi connectivity index (χ3v) is 3.32. The molecule has 2 rings (SSSR count). The van der Waals surface area contributed by atoms with Crippen LogP contribution in [0.3, 0.4) is 0 Å². The minimum absolute atomic E-state index is 0.184. The fraction of sp³-hybridized carbons (Fsp3) is 0.333. The predicted octanol–water partition coefficient (Wildman–Crippen LogP) is 3.54. The lowest BCUT2D eigenvalue weighted by atomic mass is 10.2. The van der Waals surface area contributed by atoms with Crippen LogP contribution in [0.4, 0.5) is 0 Å². The number of thioether (sulfide) groups is 1. The maximum atomic E-state index is 5.14. The van der Waals surface area contributed by atoms with Crippen molar-refractivity contribution in [3.05, 3.63) is 41.5 Å². The molecule has 3 nitrogen and oxygen atoms in total. The second-order valence-corrected chi connectivity index (χ2v) is 5.17. The molecule has 0 aliphatic rings. The second kappa shape index (κ2) is 4.70. The summed E-state index contributed by atoms with van der Waals surface area (Å²) in [6, 6.07) is 8.43. The Morgan fingerprint density at radius 3 is 2.44 bits per heavy atom. The minimum Gasteiger partial charge on any atom is -0.338 e. The zero-order valence-corrected chi connectivity index (χ0v) is 10.4. The summed E-state index contributed by atoms with van der Waals surface area (Å²) in [5.74, 6) is 1.37. The van der Waals surface area contributed by atoms with Crippen LogP contribution in [0, 0.1) is 13.8 Å². The Bertz CT molecular complexity index is 464. The lowest BCUT2D eigenvalue weighted by Gasteiger charge is -2.06. The first kappa shape index (κ1) is 11.2. The van der Waals surface area contributed by atoms with Crippen LogP contribution < -0.4 is 0 Å². The van der Waals surface area contributed by atoms with E-state index in [1.807, 2.05) is 6.92 Å². The summed E-state index contributed by atoms with van der Waals surface area (Å²) >= 11 is 1.72. The molecule has 2 aromatic rings. The van der Waals surface area contributed by atoms with Crippen molar-refractivity contribution in [2.45, 2.75) is 30.9 Å². The number of hydrogen-bond acceptors (Lipinski definition) is 4. The van der Waals surface area contributed by atoms with Gasteiger partial charge in [-0.2, -0.15) is 4.98 Å². The van der Waals surface area contributed by atoms with Crippen molar-refractivity contribution in [3.63, 3.8) is 0 Å². The summed E-state index contributed by atoms with van der Waals surface area (Å²) in [5, 5.41) is 3.98. The number of hydrogen-bond donors (Lipinski definition) is 0. The molecule has 0 radical (unpaired) electrons. The van der Waals surface area contributed by atoms with Crippen LogP contribution in [0.15, 0.2) is 33.7 Å². The van der Waals surface area contributed by atoms with Gasteiger partial charge in [0.2, 0.25) is 5.89 Å². The quantitative estimate of drug-likeness (QED) is 0.761. The van der Waals surface area contributed by atoms with Gasteiger partial charge in [0.1, 0.15) is 0 Å². The van der Waals surface area contributed by atoms with Gasteiger partial charge in [-0.05, 0) is 32.9 Å². The molecule has 1 atom stereocenters. The summed E-state index contributed by atoms with van der Waals surface area (Å²) in [6.07, 6.45) is 0. The van der Waals surface area contributed by atoms with Gasteiger partial charge < -0.3 is 4.52 Å². The Kier molecular flexibility index (Phi) is 3.29. The molecule has 1 heterocycles. The summed E-state index contributed by atoms with van der Waals surface area (Å²) in [6.45, 7) is 5.98. The van der Waals surface area contributed by atoms with E-state index in [4.69, 9.17) is 4.52 Å². The first-order valence-corrected chi connectivity index (χ1v) is 6.06.